The van der Waals surface area contributed by atoms with Crippen molar-refractivity contribution >= 4 is 11.6 Å². The highest BCUT2D eigenvalue weighted by molar-refractivity contribution is 6.31. The molecule has 0 saturated carbocycles. The molecule has 0 aliphatic heterocycles. The molecule has 0 aliphatic carbocycles. The Morgan fingerprint density at radius 2 is 1.75 bits per heavy atom. The smallest absolute Gasteiger partial charge is 0.233 e. The van der Waals surface area contributed by atoms with Crippen LogP contribution in [0.25, 0.3) is 16.9 Å². The van der Waals surface area contributed by atoms with Gasteiger partial charge in [0.1, 0.15) is 0 Å². The van der Waals surface area contributed by atoms with Crippen molar-refractivity contribution in [2.24, 2.45) is 0 Å². The number of halogens is 4. The molecule has 124 valence electrons. The summed E-state index contributed by atoms with van der Waals surface area (Å²) in [6.45, 7) is 1.82. The fourth-order valence-corrected chi connectivity index (χ4v) is 2.72. The van der Waals surface area contributed by atoms with E-state index < -0.39 is 12.6 Å². The topological polar surface area (TPSA) is 17.8 Å². The molecule has 0 spiro atoms. The maximum atomic E-state index is 12.8. The van der Waals surface area contributed by atoms with E-state index >= 15 is 0 Å². The minimum atomic E-state index is -4.31. The lowest BCUT2D eigenvalue weighted by atomic mass is 10.1. The van der Waals surface area contributed by atoms with Gasteiger partial charge in [0.25, 0.3) is 0 Å². The number of rotatable bonds is 3. The second kappa shape index (κ2) is 6.32. The van der Waals surface area contributed by atoms with Gasteiger partial charge in [-0.05, 0) is 30.7 Å². The molecule has 3 aromatic rings. The summed E-state index contributed by atoms with van der Waals surface area (Å²) >= 11 is 6.15. The molecular formula is C18H14ClF3N2. The summed E-state index contributed by atoms with van der Waals surface area (Å²) in [7, 11) is 0. The molecule has 0 atom stereocenters. The zero-order chi connectivity index (χ0) is 17.3. The average Bonchev–Trinajstić information content (AvgIpc) is 2.92. The van der Waals surface area contributed by atoms with E-state index in [0.29, 0.717) is 16.4 Å². The van der Waals surface area contributed by atoms with Gasteiger partial charge in [0, 0.05) is 10.6 Å². The summed E-state index contributed by atoms with van der Waals surface area (Å²) in [5, 5.41) is 4.72. The minimum absolute atomic E-state index is 0.0271. The Bertz CT molecular complexity index is 854. The number of aromatic nitrogens is 2. The van der Waals surface area contributed by atoms with E-state index in [1.54, 1.807) is 18.2 Å². The van der Waals surface area contributed by atoms with Gasteiger partial charge in [0.15, 0.2) is 0 Å². The third-order valence-electron chi connectivity index (χ3n) is 3.68. The number of nitrogens with zero attached hydrogens (tertiary/aromatic N) is 2. The molecule has 6 heteroatoms. The Balaban J connectivity index is 2.18. The molecule has 2 nitrogen and oxygen atoms in total. The lowest BCUT2D eigenvalue weighted by Crippen LogP contribution is -2.12. The van der Waals surface area contributed by atoms with Crippen LogP contribution in [-0.2, 0) is 6.42 Å². The van der Waals surface area contributed by atoms with Gasteiger partial charge in [0.05, 0.1) is 23.5 Å². The summed E-state index contributed by atoms with van der Waals surface area (Å²) in [6, 6.07) is 16.0. The second-order valence-corrected chi connectivity index (χ2v) is 5.88. The van der Waals surface area contributed by atoms with E-state index in [4.69, 9.17) is 11.6 Å². The van der Waals surface area contributed by atoms with Gasteiger partial charge in [-0.2, -0.15) is 18.3 Å². The molecule has 0 aliphatic rings. The van der Waals surface area contributed by atoms with Crippen LogP contribution in [0.4, 0.5) is 13.2 Å². The summed E-state index contributed by atoms with van der Waals surface area (Å²) in [6.07, 6.45) is -5.38. The van der Waals surface area contributed by atoms with E-state index in [2.05, 4.69) is 5.10 Å². The average molecular weight is 351 g/mol. The van der Waals surface area contributed by atoms with Crippen LogP contribution in [0.5, 0.6) is 0 Å². The maximum Gasteiger partial charge on any atom is 0.394 e. The summed E-state index contributed by atoms with van der Waals surface area (Å²) in [4.78, 5) is 0. The van der Waals surface area contributed by atoms with Crippen LogP contribution in [-0.4, -0.2) is 16.0 Å². The number of alkyl halides is 3. The third kappa shape index (κ3) is 3.46. The van der Waals surface area contributed by atoms with Crippen molar-refractivity contribution < 1.29 is 13.2 Å². The lowest BCUT2D eigenvalue weighted by molar-refractivity contribution is -0.127. The van der Waals surface area contributed by atoms with Gasteiger partial charge in [-0.1, -0.05) is 48.0 Å². The van der Waals surface area contributed by atoms with Crippen LogP contribution < -0.4 is 0 Å². The normalized spacial score (nSPS) is 11.7. The molecule has 0 fully saturated rings. The molecular weight excluding hydrogens is 337 g/mol. The molecule has 3 rings (SSSR count). The van der Waals surface area contributed by atoms with Gasteiger partial charge >= 0.3 is 6.18 Å². The van der Waals surface area contributed by atoms with Gasteiger partial charge < -0.3 is 0 Å². The third-order valence-corrected chi connectivity index (χ3v) is 4.09. The first kappa shape index (κ1) is 16.6. The predicted octanol–water partition coefficient (Wildman–Crippen LogP) is 5.61. The minimum Gasteiger partial charge on any atom is -0.233 e. The predicted molar refractivity (Wildman–Crippen MR) is 88.5 cm³/mol. The molecule has 0 unspecified atom stereocenters. The zero-order valence-electron chi connectivity index (χ0n) is 12.8. The number of hydrogen-bond acceptors (Lipinski definition) is 1. The van der Waals surface area contributed by atoms with E-state index in [0.717, 1.165) is 11.1 Å². The standard InChI is InChI=1S/C18H14ClF3N2/c1-12-15(19)8-5-9-16(12)24-17(13-6-3-2-4-7-13)10-14(23-24)11-18(20,21)22/h2-10H,11H2,1H3. The maximum absolute atomic E-state index is 12.8. The highest BCUT2D eigenvalue weighted by atomic mass is 35.5. The first-order valence-corrected chi connectivity index (χ1v) is 7.69. The van der Waals surface area contributed by atoms with Crippen molar-refractivity contribution in [3.05, 3.63) is 70.9 Å². The molecule has 0 amide bonds. The Hall–Kier alpha value is -2.27. The van der Waals surface area contributed by atoms with Crippen molar-refractivity contribution in [2.45, 2.75) is 19.5 Å². The monoisotopic (exact) mass is 350 g/mol. The van der Waals surface area contributed by atoms with Crippen molar-refractivity contribution in [3.63, 3.8) is 0 Å². The van der Waals surface area contributed by atoms with Crippen molar-refractivity contribution in [1.29, 1.82) is 0 Å². The van der Waals surface area contributed by atoms with Crippen LogP contribution in [0.2, 0.25) is 5.02 Å². The van der Waals surface area contributed by atoms with Gasteiger partial charge in [-0.15, -0.1) is 0 Å². The van der Waals surface area contributed by atoms with Crippen LogP contribution in [0.15, 0.2) is 54.6 Å². The second-order valence-electron chi connectivity index (χ2n) is 5.47. The van der Waals surface area contributed by atoms with Crippen LogP contribution >= 0.6 is 11.6 Å². The highest BCUT2D eigenvalue weighted by Crippen LogP contribution is 2.30. The van der Waals surface area contributed by atoms with E-state index in [1.165, 1.54) is 10.7 Å². The molecule has 2 aromatic carbocycles. The van der Waals surface area contributed by atoms with Gasteiger partial charge in [0.2, 0.25) is 0 Å². The molecule has 0 N–H and O–H groups in total. The number of hydrogen-bond donors (Lipinski definition) is 0. The molecule has 0 saturated heterocycles. The number of benzene rings is 2. The molecule has 0 bridgehead atoms. The Morgan fingerprint density at radius 3 is 2.42 bits per heavy atom. The Morgan fingerprint density at radius 1 is 1.04 bits per heavy atom. The Kier molecular flexibility index (Phi) is 4.37. The fourth-order valence-electron chi connectivity index (χ4n) is 2.55. The van der Waals surface area contributed by atoms with Crippen molar-refractivity contribution in [1.82, 2.24) is 9.78 Å². The van der Waals surface area contributed by atoms with Crippen LogP contribution in [0.3, 0.4) is 0 Å². The van der Waals surface area contributed by atoms with E-state index in [9.17, 15) is 13.2 Å². The van der Waals surface area contributed by atoms with E-state index in [-0.39, 0.29) is 5.69 Å². The summed E-state index contributed by atoms with van der Waals surface area (Å²) in [5.41, 5.74) is 2.78. The van der Waals surface area contributed by atoms with Crippen molar-refractivity contribution in [2.75, 3.05) is 0 Å². The van der Waals surface area contributed by atoms with Crippen LogP contribution in [0.1, 0.15) is 11.3 Å². The fraction of sp³-hybridized carbons (Fsp3) is 0.167. The van der Waals surface area contributed by atoms with Crippen LogP contribution in [0, 0.1) is 6.92 Å². The molecule has 24 heavy (non-hydrogen) atoms. The quantitative estimate of drug-likeness (QED) is 0.600. The molecule has 0 radical (unpaired) electrons. The zero-order valence-corrected chi connectivity index (χ0v) is 13.6. The highest BCUT2D eigenvalue weighted by Gasteiger charge is 2.30. The van der Waals surface area contributed by atoms with Gasteiger partial charge in [-0.3, -0.25) is 0 Å². The first-order chi connectivity index (χ1) is 11.3. The molecule has 1 heterocycles. The van der Waals surface area contributed by atoms with Crippen molar-refractivity contribution in [3.8, 4) is 16.9 Å². The van der Waals surface area contributed by atoms with E-state index in [1.807, 2.05) is 37.3 Å². The Labute approximate surface area is 142 Å². The lowest BCUT2D eigenvalue weighted by Gasteiger charge is -2.11. The summed E-state index contributed by atoms with van der Waals surface area (Å²) < 4.78 is 39.8. The summed E-state index contributed by atoms with van der Waals surface area (Å²) in [5.74, 6) is 0. The largest absolute Gasteiger partial charge is 0.394 e. The molecule has 1 aromatic heterocycles. The van der Waals surface area contributed by atoms with Gasteiger partial charge in [-0.25, -0.2) is 4.68 Å². The SMILES string of the molecule is Cc1c(Cl)cccc1-n1nc(CC(F)(F)F)cc1-c1ccccc1. The first-order valence-electron chi connectivity index (χ1n) is 7.32.